The van der Waals surface area contributed by atoms with Gasteiger partial charge < -0.3 is 5.32 Å². The van der Waals surface area contributed by atoms with Gasteiger partial charge >= 0.3 is 0 Å². The lowest BCUT2D eigenvalue weighted by atomic mass is 10.1. The first-order chi connectivity index (χ1) is 11.7. The maximum Gasteiger partial charge on any atom is 0.254 e. The summed E-state index contributed by atoms with van der Waals surface area (Å²) in [6, 6.07) is 20.4. The molecule has 1 aliphatic rings. The van der Waals surface area contributed by atoms with E-state index in [4.69, 9.17) is 0 Å². The van der Waals surface area contributed by atoms with E-state index in [1.807, 2.05) is 55.5 Å². The number of hydrogen-bond donors (Lipinski definition) is 1. The standard InChI is InChI=1S/C20H19N3O/c1-14-18(13-21-23(14)16-10-6-3-7-11-16)20(24)22-19-12-17(19)15-8-4-2-5-9-15/h2-11,13,17,19H,12H2,1H3,(H,22,24). The molecule has 2 aromatic carbocycles. The predicted molar refractivity (Wildman–Crippen MR) is 93.4 cm³/mol. The fourth-order valence-electron chi connectivity index (χ4n) is 3.13. The summed E-state index contributed by atoms with van der Waals surface area (Å²) in [6.07, 6.45) is 2.65. The Kier molecular flexibility index (Phi) is 3.65. The summed E-state index contributed by atoms with van der Waals surface area (Å²) in [6.45, 7) is 1.93. The van der Waals surface area contributed by atoms with Crippen LogP contribution in [0.15, 0.2) is 66.9 Å². The van der Waals surface area contributed by atoms with E-state index in [9.17, 15) is 4.79 Å². The van der Waals surface area contributed by atoms with E-state index < -0.39 is 0 Å². The molecule has 24 heavy (non-hydrogen) atoms. The summed E-state index contributed by atoms with van der Waals surface area (Å²) in [5.74, 6) is 0.387. The number of nitrogens with one attached hydrogen (secondary N) is 1. The van der Waals surface area contributed by atoms with Crippen LogP contribution in [0.4, 0.5) is 0 Å². The van der Waals surface area contributed by atoms with E-state index in [2.05, 4.69) is 22.5 Å². The Hall–Kier alpha value is -2.88. The molecule has 4 heteroatoms. The Morgan fingerprint density at radius 2 is 1.75 bits per heavy atom. The number of hydrogen-bond acceptors (Lipinski definition) is 2. The van der Waals surface area contributed by atoms with Crippen LogP contribution in [0.5, 0.6) is 0 Å². The second kappa shape index (κ2) is 5.96. The molecule has 2 unspecified atom stereocenters. The van der Waals surface area contributed by atoms with Crippen molar-refractivity contribution >= 4 is 5.91 Å². The molecule has 120 valence electrons. The molecule has 1 N–H and O–H groups in total. The lowest BCUT2D eigenvalue weighted by Crippen LogP contribution is -2.27. The number of para-hydroxylation sites is 1. The molecular weight excluding hydrogens is 298 g/mol. The molecule has 2 atom stereocenters. The van der Waals surface area contributed by atoms with Gasteiger partial charge in [0.2, 0.25) is 0 Å². The lowest BCUT2D eigenvalue weighted by molar-refractivity contribution is 0.0949. The average Bonchev–Trinajstić information content (AvgIpc) is 3.28. The summed E-state index contributed by atoms with van der Waals surface area (Å²) in [4.78, 5) is 12.6. The molecule has 4 rings (SSSR count). The molecule has 1 saturated carbocycles. The Labute approximate surface area is 141 Å². The molecule has 1 aliphatic carbocycles. The number of amides is 1. The monoisotopic (exact) mass is 317 g/mol. The first-order valence-corrected chi connectivity index (χ1v) is 8.20. The Balaban J connectivity index is 1.48. The van der Waals surface area contributed by atoms with Gasteiger partial charge in [0, 0.05) is 12.0 Å². The predicted octanol–water partition coefficient (Wildman–Crippen LogP) is 3.47. The van der Waals surface area contributed by atoms with Gasteiger partial charge in [-0.3, -0.25) is 4.79 Å². The van der Waals surface area contributed by atoms with Gasteiger partial charge in [-0.1, -0.05) is 48.5 Å². The van der Waals surface area contributed by atoms with Crippen molar-refractivity contribution in [3.05, 3.63) is 83.7 Å². The van der Waals surface area contributed by atoms with Gasteiger partial charge in [-0.25, -0.2) is 4.68 Å². The van der Waals surface area contributed by atoms with Gasteiger partial charge in [0.15, 0.2) is 0 Å². The van der Waals surface area contributed by atoms with Crippen molar-refractivity contribution < 1.29 is 4.79 Å². The summed E-state index contributed by atoms with van der Waals surface area (Å²) in [5.41, 5.74) is 3.75. The van der Waals surface area contributed by atoms with Crippen molar-refractivity contribution in [3.8, 4) is 5.69 Å². The Morgan fingerprint density at radius 3 is 2.46 bits per heavy atom. The van der Waals surface area contributed by atoms with E-state index >= 15 is 0 Å². The zero-order chi connectivity index (χ0) is 16.5. The first kappa shape index (κ1) is 14.7. The van der Waals surface area contributed by atoms with Gasteiger partial charge in [0.1, 0.15) is 0 Å². The fourth-order valence-corrected chi connectivity index (χ4v) is 3.13. The molecule has 0 saturated heterocycles. The SMILES string of the molecule is Cc1c(C(=O)NC2CC2c2ccccc2)cnn1-c1ccccc1. The number of nitrogens with zero attached hydrogens (tertiary/aromatic N) is 2. The van der Waals surface area contributed by atoms with Gasteiger partial charge in [0.25, 0.3) is 5.91 Å². The number of carbonyl (C=O) groups is 1. The lowest BCUT2D eigenvalue weighted by Gasteiger charge is -2.06. The first-order valence-electron chi connectivity index (χ1n) is 8.20. The molecule has 1 heterocycles. The highest BCUT2D eigenvalue weighted by Crippen LogP contribution is 2.40. The summed E-state index contributed by atoms with van der Waals surface area (Å²) in [5, 5.41) is 7.50. The van der Waals surface area contributed by atoms with Crippen LogP contribution in [-0.2, 0) is 0 Å². The van der Waals surface area contributed by atoms with Gasteiger partial charge in [-0.2, -0.15) is 5.10 Å². The third-order valence-corrected chi connectivity index (χ3v) is 4.59. The van der Waals surface area contributed by atoms with Gasteiger partial charge in [-0.05, 0) is 31.0 Å². The number of benzene rings is 2. The number of carbonyl (C=O) groups excluding carboxylic acids is 1. The van der Waals surface area contributed by atoms with E-state index in [-0.39, 0.29) is 11.9 Å². The highest BCUT2D eigenvalue weighted by atomic mass is 16.1. The molecule has 0 spiro atoms. The van der Waals surface area contributed by atoms with Crippen LogP contribution >= 0.6 is 0 Å². The second-order valence-corrected chi connectivity index (χ2v) is 6.22. The van der Waals surface area contributed by atoms with E-state index in [1.54, 1.807) is 10.9 Å². The zero-order valence-corrected chi connectivity index (χ0v) is 13.5. The molecular formula is C20H19N3O. The minimum atomic E-state index is -0.0434. The van der Waals surface area contributed by atoms with Crippen LogP contribution < -0.4 is 5.32 Å². The maximum absolute atomic E-state index is 12.6. The van der Waals surface area contributed by atoms with Crippen molar-refractivity contribution in [1.82, 2.24) is 15.1 Å². The fraction of sp³-hybridized carbons (Fsp3) is 0.200. The maximum atomic E-state index is 12.6. The molecule has 1 amide bonds. The molecule has 0 radical (unpaired) electrons. The Bertz CT molecular complexity index is 855. The van der Waals surface area contributed by atoms with E-state index in [1.165, 1.54) is 5.56 Å². The summed E-state index contributed by atoms with van der Waals surface area (Å²) >= 11 is 0. The number of rotatable bonds is 4. The van der Waals surface area contributed by atoms with E-state index in [0.717, 1.165) is 17.8 Å². The van der Waals surface area contributed by atoms with Crippen molar-refractivity contribution in [2.24, 2.45) is 0 Å². The molecule has 4 nitrogen and oxygen atoms in total. The molecule has 0 bridgehead atoms. The topological polar surface area (TPSA) is 46.9 Å². The smallest absolute Gasteiger partial charge is 0.254 e. The number of aromatic nitrogens is 2. The van der Waals surface area contributed by atoms with Crippen molar-refractivity contribution in [3.63, 3.8) is 0 Å². The van der Waals surface area contributed by atoms with Crippen LogP contribution in [0.1, 0.15) is 34.0 Å². The van der Waals surface area contributed by atoms with Gasteiger partial charge in [-0.15, -0.1) is 0 Å². The second-order valence-electron chi connectivity index (χ2n) is 6.22. The molecule has 3 aromatic rings. The molecule has 1 fully saturated rings. The highest BCUT2D eigenvalue weighted by Gasteiger charge is 2.39. The van der Waals surface area contributed by atoms with Crippen molar-refractivity contribution in [1.29, 1.82) is 0 Å². The largest absolute Gasteiger partial charge is 0.349 e. The van der Waals surface area contributed by atoms with Crippen LogP contribution in [-0.4, -0.2) is 21.7 Å². The van der Waals surface area contributed by atoms with Crippen molar-refractivity contribution in [2.75, 3.05) is 0 Å². The normalized spacial score (nSPS) is 19.0. The van der Waals surface area contributed by atoms with E-state index in [0.29, 0.717) is 11.5 Å². The minimum Gasteiger partial charge on any atom is -0.349 e. The third-order valence-electron chi connectivity index (χ3n) is 4.59. The van der Waals surface area contributed by atoms with Gasteiger partial charge in [0.05, 0.1) is 23.1 Å². The minimum absolute atomic E-state index is 0.0434. The summed E-state index contributed by atoms with van der Waals surface area (Å²) < 4.78 is 1.80. The van der Waals surface area contributed by atoms with Crippen molar-refractivity contribution in [2.45, 2.75) is 25.3 Å². The zero-order valence-electron chi connectivity index (χ0n) is 13.5. The highest BCUT2D eigenvalue weighted by molar-refractivity contribution is 5.95. The Morgan fingerprint density at radius 1 is 1.08 bits per heavy atom. The summed E-state index contributed by atoms with van der Waals surface area (Å²) in [7, 11) is 0. The molecule has 1 aromatic heterocycles. The quantitative estimate of drug-likeness (QED) is 0.801. The molecule has 0 aliphatic heterocycles. The average molecular weight is 317 g/mol. The van der Waals surface area contributed by atoms with Crippen LogP contribution in [0.3, 0.4) is 0 Å². The third kappa shape index (κ3) is 2.71. The van der Waals surface area contributed by atoms with Crippen LogP contribution in [0.2, 0.25) is 0 Å². The van der Waals surface area contributed by atoms with Crippen LogP contribution in [0.25, 0.3) is 5.69 Å². The van der Waals surface area contributed by atoms with Crippen LogP contribution in [0, 0.1) is 6.92 Å².